The number of nitrogens with zero attached hydrogens (tertiary/aromatic N) is 2. The van der Waals surface area contributed by atoms with Crippen molar-refractivity contribution in [1.82, 2.24) is 0 Å². The van der Waals surface area contributed by atoms with Crippen LogP contribution in [0.15, 0.2) is 76.5 Å². The van der Waals surface area contributed by atoms with Gasteiger partial charge in [-0.15, -0.1) is 11.8 Å². The molecular formula is C24H24N2O6S2. The first-order valence-electron chi connectivity index (χ1n) is 10.2. The fourth-order valence-corrected chi connectivity index (χ4v) is 5.89. The van der Waals surface area contributed by atoms with Crippen LogP contribution in [0.2, 0.25) is 0 Å². The second-order valence-corrected chi connectivity index (χ2v) is 10.1. The molecule has 1 aliphatic rings. The molecular weight excluding hydrogens is 476 g/mol. The highest BCUT2D eigenvalue weighted by Gasteiger charge is 2.43. The molecule has 8 nitrogen and oxygen atoms in total. The lowest BCUT2D eigenvalue weighted by Crippen LogP contribution is -2.48. The average Bonchev–Trinajstić information content (AvgIpc) is 2.86. The summed E-state index contributed by atoms with van der Waals surface area (Å²) in [6.07, 6.45) is 1.90. The maximum absolute atomic E-state index is 13.8. The van der Waals surface area contributed by atoms with Crippen molar-refractivity contribution in [3.05, 3.63) is 77.9 Å². The lowest BCUT2D eigenvalue weighted by atomic mass is 10.1. The van der Waals surface area contributed by atoms with E-state index in [9.17, 15) is 18.7 Å². The van der Waals surface area contributed by atoms with Gasteiger partial charge in [0.2, 0.25) is 0 Å². The summed E-state index contributed by atoms with van der Waals surface area (Å²) in [5, 5.41) is 0. The van der Waals surface area contributed by atoms with Gasteiger partial charge in [0.1, 0.15) is 10.6 Å². The van der Waals surface area contributed by atoms with E-state index in [1.165, 1.54) is 30.9 Å². The first-order valence-corrected chi connectivity index (χ1v) is 12.9. The number of rotatable bonds is 6. The Morgan fingerprint density at radius 3 is 2.50 bits per heavy atom. The Bertz CT molecular complexity index is 1250. The van der Waals surface area contributed by atoms with Gasteiger partial charge in [0, 0.05) is 10.5 Å². The Morgan fingerprint density at radius 2 is 1.79 bits per heavy atom. The van der Waals surface area contributed by atoms with E-state index in [4.69, 9.17) is 9.47 Å². The van der Waals surface area contributed by atoms with Crippen molar-refractivity contribution in [2.75, 3.05) is 29.7 Å². The number of carbonyl (C=O) groups is 2. The van der Waals surface area contributed by atoms with Crippen molar-refractivity contribution in [2.45, 2.75) is 16.3 Å². The van der Waals surface area contributed by atoms with Crippen LogP contribution in [-0.2, 0) is 11.3 Å². The average molecular weight is 501 g/mol. The third kappa shape index (κ3) is 4.21. The minimum atomic E-state index is -3.65. The molecule has 0 unspecified atom stereocenters. The number of hydrogen-bond donors (Lipinski definition) is 2. The molecule has 0 aliphatic carbocycles. The summed E-state index contributed by atoms with van der Waals surface area (Å²) in [4.78, 5) is 28.4. The second-order valence-electron chi connectivity index (χ2n) is 7.37. The normalized spacial score (nSPS) is 15.5. The molecule has 2 N–H and O–H groups in total. The first kappa shape index (κ1) is 24.0. The van der Waals surface area contributed by atoms with Crippen LogP contribution in [0.25, 0.3) is 0 Å². The van der Waals surface area contributed by atoms with Gasteiger partial charge >= 0.3 is 12.0 Å². The number of amides is 2. The Kier molecular flexibility index (Phi) is 6.76. The SMILES string of the molecule is COC(=O)c1ccc(OC)c(CN2C(=O)N(c3cccc(SC)c3)S(O)(O)c3ccccc32)c1. The van der Waals surface area contributed by atoms with E-state index in [0.29, 0.717) is 28.3 Å². The molecule has 0 spiro atoms. The molecule has 0 radical (unpaired) electrons. The summed E-state index contributed by atoms with van der Waals surface area (Å²) in [5.41, 5.74) is 1.61. The molecule has 0 atom stereocenters. The van der Waals surface area contributed by atoms with Crippen LogP contribution in [0.4, 0.5) is 16.2 Å². The summed E-state index contributed by atoms with van der Waals surface area (Å²) >= 11 is 1.48. The van der Waals surface area contributed by atoms with Crippen LogP contribution in [0.1, 0.15) is 15.9 Å². The molecule has 3 aromatic rings. The summed E-state index contributed by atoms with van der Waals surface area (Å²) < 4.78 is 33.8. The van der Waals surface area contributed by atoms with Gasteiger partial charge in [-0.25, -0.2) is 9.59 Å². The number of fused-ring (bicyclic) bond motifs is 1. The molecule has 1 heterocycles. The van der Waals surface area contributed by atoms with E-state index in [2.05, 4.69) is 0 Å². The van der Waals surface area contributed by atoms with E-state index in [1.54, 1.807) is 60.7 Å². The Hall–Kier alpha value is -3.18. The Balaban J connectivity index is 1.84. The summed E-state index contributed by atoms with van der Waals surface area (Å²) in [5.74, 6) is -0.0370. The minimum Gasteiger partial charge on any atom is -0.496 e. The topological polar surface area (TPSA) is 99.5 Å². The zero-order valence-electron chi connectivity index (χ0n) is 18.8. The monoisotopic (exact) mass is 500 g/mol. The third-order valence-corrected chi connectivity index (χ3v) is 7.96. The third-order valence-electron chi connectivity index (χ3n) is 5.43. The number of para-hydroxylation sites is 1. The number of hydrogen-bond acceptors (Lipinski definition) is 7. The molecule has 1 aliphatic heterocycles. The number of esters is 1. The molecule has 178 valence electrons. The number of urea groups is 1. The van der Waals surface area contributed by atoms with Crippen molar-refractivity contribution < 1.29 is 28.2 Å². The van der Waals surface area contributed by atoms with E-state index in [-0.39, 0.29) is 11.4 Å². The highest BCUT2D eigenvalue weighted by molar-refractivity contribution is 8.26. The number of thioether (sulfide) groups is 1. The van der Waals surface area contributed by atoms with Crippen LogP contribution < -0.4 is 13.9 Å². The van der Waals surface area contributed by atoms with Crippen LogP contribution in [0.5, 0.6) is 5.75 Å². The summed E-state index contributed by atoms with van der Waals surface area (Å²) in [6, 6.07) is 17.9. The zero-order chi connectivity index (χ0) is 24.5. The molecule has 4 rings (SSSR count). The minimum absolute atomic E-state index is 0.0259. The van der Waals surface area contributed by atoms with Gasteiger partial charge in [0.05, 0.1) is 37.7 Å². The van der Waals surface area contributed by atoms with Crippen molar-refractivity contribution in [1.29, 1.82) is 0 Å². The molecule has 3 aromatic carbocycles. The van der Waals surface area contributed by atoms with Crippen LogP contribution in [-0.4, -0.2) is 41.6 Å². The molecule has 0 saturated carbocycles. The van der Waals surface area contributed by atoms with Gasteiger partial charge in [-0.1, -0.05) is 29.0 Å². The van der Waals surface area contributed by atoms with Crippen LogP contribution in [0.3, 0.4) is 0 Å². The fourth-order valence-electron chi connectivity index (χ4n) is 3.80. The Morgan fingerprint density at radius 1 is 1.03 bits per heavy atom. The maximum Gasteiger partial charge on any atom is 0.348 e. The standard InChI is InChI=1S/C24H24N2O6S2/c1-31-21-12-11-16(23(27)32-2)13-17(21)15-25-20-9-4-5-10-22(20)34(29,30)26(24(25)28)18-7-6-8-19(14-18)33-3/h4-14,29-30H,15H2,1-3H3. The van der Waals surface area contributed by atoms with Gasteiger partial charge < -0.3 is 9.47 Å². The van der Waals surface area contributed by atoms with Gasteiger partial charge in [0.15, 0.2) is 0 Å². The largest absolute Gasteiger partial charge is 0.496 e. The number of benzene rings is 3. The number of ether oxygens (including phenoxy) is 2. The molecule has 0 bridgehead atoms. The number of anilines is 2. The quantitative estimate of drug-likeness (QED) is 0.322. The van der Waals surface area contributed by atoms with Gasteiger partial charge in [-0.2, -0.15) is 4.31 Å². The van der Waals surface area contributed by atoms with Gasteiger partial charge in [-0.3, -0.25) is 14.0 Å². The van der Waals surface area contributed by atoms with Gasteiger partial charge in [0.25, 0.3) is 0 Å². The lowest BCUT2D eigenvalue weighted by molar-refractivity contribution is 0.0600. The van der Waals surface area contributed by atoms with Crippen molar-refractivity contribution in [3.63, 3.8) is 0 Å². The van der Waals surface area contributed by atoms with E-state index in [0.717, 1.165) is 9.20 Å². The van der Waals surface area contributed by atoms with Gasteiger partial charge in [-0.05, 0) is 54.8 Å². The van der Waals surface area contributed by atoms with Crippen molar-refractivity contribution >= 4 is 45.9 Å². The highest BCUT2D eigenvalue weighted by atomic mass is 32.3. The maximum atomic E-state index is 13.8. The number of methoxy groups -OCH3 is 2. The fraction of sp³-hybridized carbons (Fsp3) is 0.167. The molecule has 34 heavy (non-hydrogen) atoms. The highest BCUT2D eigenvalue weighted by Crippen LogP contribution is 2.60. The summed E-state index contributed by atoms with van der Waals surface area (Å²) in [6.45, 7) is 0.0259. The molecule has 10 heteroatoms. The van der Waals surface area contributed by atoms with Crippen molar-refractivity contribution in [3.8, 4) is 5.75 Å². The summed E-state index contributed by atoms with van der Waals surface area (Å²) in [7, 11) is -0.856. The molecule has 2 amide bonds. The smallest absolute Gasteiger partial charge is 0.348 e. The second kappa shape index (κ2) is 9.59. The van der Waals surface area contributed by atoms with Crippen molar-refractivity contribution in [2.24, 2.45) is 0 Å². The first-order chi connectivity index (χ1) is 16.3. The lowest BCUT2D eigenvalue weighted by Gasteiger charge is -2.49. The predicted octanol–water partition coefficient (Wildman–Crippen LogP) is 5.88. The van der Waals surface area contributed by atoms with Crippen LogP contribution >= 0.6 is 22.5 Å². The van der Waals surface area contributed by atoms with E-state index >= 15 is 0 Å². The molecule has 0 aromatic heterocycles. The van der Waals surface area contributed by atoms with Crippen LogP contribution in [0, 0.1) is 0 Å². The van der Waals surface area contributed by atoms with E-state index in [1.807, 2.05) is 12.3 Å². The van der Waals surface area contributed by atoms with E-state index < -0.39 is 22.8 Å². The molecule has 0 saturated heterocycles. The molecule has 0 fully saturated rings. The zero-order valence-corrected chi connectivity index (χ0v) is 20.4. The predicted molar refractivity (Wildman–Crippen MR) is 134 cm³/mol. The number of carbonyl (C=O) groups excluding carboxylic acids is 2. The Labute approximate surface area is 203 Å².